The summed E-state index contributed by atoms with van der Waals surface area (Å²) in [5.41, 5.74) is 1.74. The molecule has 2 aromatic carbocycles. The van der Waals surface area contributed by atoms with Crippen molar-refractivity contribution >= 4 is 23.2 Å². The van der Waals surface area contributed by atoms with Crippen molar-refractivity contribution in [1.82, 2.24) is 4.98 Å². The number of carbonyl (C=O) groups excluding carboxylic acids is 2. The van der Waals surface area contributed by atoms with Crippen LogP contribution in [0.4, 0.5) is 0 Å². The summed E-state index contributed by atoms with van der Waals surface area (Å²) < 4.78 is 5.11. The van der Waals surface area contributed by atoms with E-state index < -0.39 is 5.91 Å². The standard InChI is InChI=1S/C23H16N2O4/c1-29-16-8-6-15(7-9-16)23(28)25-20(14-10-12-24-13-11-14)19-21(26)17-4-2-3-5-18(17)22(19)27/h2-13,26H,1H3. The van der Waals surface area contributed by atoms with E-state index in [1.165, 1.54) is 19.5 Å². The van der Waals surface area contributed by atoms with Crippen molar-refractivity contribution in [2.75, 3.05) is 7.11 Å². The zero-order valence-electron chi connectivity index (χ0n) is 15.5. The lowest BCUT2D eigenvalue weighted by Gasteiger charge is -2.08. The first-order valence-electron chi connectivity index (χ1n) is 8.85. The third-order valence-corrected chi connectivity index (χ3v) is 4.63. The van der Waals surface area contributed by atoms with E-state index in [1.807, 2.05) is 0 Å². The third kappa shape index (κ3) is 3.32. The normalized spacial score (nSPS) is 13.4. The van der Waals surface area contributed by atoms with Crippen LogP contribution in [0.3, 0.4) is 0 Å². The number of aromatic nitrogens is 1. The van der Waals surface area contributed by atoms with Gasteiger partial charge in [-0.3, -0.25) is 14.6 Å². The number of aliphatic hydroxyl groups is 1. The van der Waals surface area contributed by atoms with Crippen LogP contribution in [0.15, 0.2) is 83.6 Å². The van der Waals surface area contributed by atoms with Crippen LogP contribution in [0, 0.1) is 0 Å². The van der Waals surface area contributed by atoms with Gasteiger partial charge < -0.3 is 9.84 Å². The van der Waals surface area contributed by atoms with Crippen molar-refractivity contribution in [1.29, 1.82) is 0 Å². The number of allylic oxidation sites excluding steroid dienone is 1. The Bertz CT molecular complexity index is 1160. The number of ether oxygens (including phenoxy) is 1. The molecule has 29 heavy (non-hydrogen) atoms. The van der Waals surface area contributed by atoms with E-state index in [0.717, 1.165) is 0 Å². The van der Waals surface area contributed by atoms with Gasteiger partial charge in [0.25, 0.3) is 5.91 Å². The molecule has 0 aliphatic heterocycles. The molecule has 0 radical (unpaired) electrons. The fourth-order valence-electron chi connectivity index (χ4n) is 3.16. The highest BCUT2D eigenvalue weighted by Gasteiger charge is 2.33. The second kappa shape index (κ2) is 7.52. The highest BCUT2D eigenvalue weighted by Crippen LogP contribution is 2.33. The maximum absolute atomic E-state index is 13.0. The maximum Gasteiger partial charge on any atom is 0.277 e. The van der Waals surface area contributed by atoms with E-state index in [9.17, 15) is 14.7 Å². The van der Waals surface area contributed by atoms with Crippen molar-refractivity contribution in [3.63, 3.8) is 0 Å². The number of rotatable bonds is 4. The average Bonchev–Trinajstić information content (AvgIpc) is 3.03. The summed E-state index contributed by atoms with van der Waals surface area (Å²) in [5.74, 6) is -0.495. The average molecular weight is 384 g/mol. The minimum Gasteiger partial charge on any atom is -0.506 e. The molecule has 1 aliphatic carbocycles. The summed E-state index contributed by atoms with van der Waals surface area (Å²) in [6, 6.07) is 16.5. The molecule has 6 heteroatoms. The molecule has 0 atom stereocenters. The van der Waals surface area contributed by atoms with Crippen LogP contribution >= 0.6 is 0 Å². The van der Waals surface area contributed by atoms with Crippen molar-refractivity contribution < 1.29 is 19.4 Å². The van der Waals surface area contributed by atoms with Crippen molar-refractivity contribution in [3.8, 4) is 5.75 Å². The Morgan fingerprint density at radius 1 is 0.931 bits per heavy atom. The van der Waals surface area contributed by atoms with E-state index in [-0.39, 0.29) is 22.8 Å². The van der Waals surface area contributed by atoms with Crippen LogP contribution in [0.1, 0.15) is 31.8 Å². The van der Waals surface area contributed by atoms with Gasteiger partial charge in [0.2, 0.25) is 0 Å². The largest absolute Gasteiger partial charge is 0.506 e. The van der Waals surface area contributed by atoms with Gasteiger partial charge in [0.05, 0.1) is 18.4 Å². The van der Waals surface area contributed by atoms with Gasteiger partial charge in [0.15, 0.2) is 5.78 Å². The topological polar surface area (TPSA) is 88.9 Å². The molecule has 0 saturated heterocycles. The molecule has 0 fully saturated rings. The highest BCUT2D eigenvalue weighted by molar-refractivity contribution is 6.40. The smallest absolute Gasteiger partial charge is 0.277 e. The molecule has 4 rings (SSSR count). The Morgan fingerprint density at radius 2 is 1.59 bits per heavy atom. The molecule has 0 saturated carbocycles. The number of hydrogen-bond acceptors (Lipinski definition) is 5. The second-order valence-corrected chi connectivity index (χ2v) is 6.33. The van der Waals surface area contributed by atoms with Gasteiger partial charge >= 0.3 is 0 Å². The third-order valence-electron chi connectivity index (χ3n) is 4.63. The Kier molecular flexibility index (Phi) is 4.75. The summed E-state index contributed by atoms with van der Waals surface area (Å²) in [6.45, 7) is 0. The maximum atomic E-state index is 13.0. The number of aliphatic hydroxyl groups excluding tert-OH is 1. The Balaban J connectivity index is 1.84. The van der Waals surface area contributed by atoms with Gasteiger partial charge in [-0.15, -0.1) is 0 Å². The Morgan fingerprint density at radius 3 is 2.21 bits per heavy atom. The summed E-state index contributed by atoms with van der Waals surface area (Å²) in [7, 11) is 1.54. The predicted molar refractivity (Wildman–Crippen MR) is 108 cm³/mol. The molecule has 142 valence electrons. The summed E-state index contributed by atoms with van der Waals surface area (Å²) in [5, 5.41) is 10.7. The van der Waals surface area contributed by atoms with Gasteiger partial charge in [0.1, 0.15) is 11.5 Å². The summed E-state index contributed by atoms with van der Waals surface area (Å²) in [4.78, 5) is 34.0. The highest BCUT2D eigenvalue weighted by atomic mass is 16.5. The van der Waals surface area contributed by atoms with E-state index in [1.54, 1.807) is 60.7 Å². The first-order chi connectivity index (χ1) is 14.1. The van der Waals surface area contributed by atoms with Gasteiger partial charge in [-0.1, -0.05) is 24.3 Å². The molecule has 1 aliphatic rings. The molecule has 1 amide bonds. The monoisotopic (exact) mass is 384 g/mol. The number of hydrogen-bond donors (Lipinski definition) is 1. The van der Waals surface area contributed by atoms with Gasteiger partial charge in [-0.25, -0.2) is 4.99 Å². The van der Waals surface area contributed by atoms with Crippen LogP contribution < -0.4 is 4.74 Å². The predicted octanol–water partition coefficient (Wildman–Crippen LogP) is 3.89. The molecule has 0 unspecified atom stereocenters. The number of ketones is 1. The quantitative estimate of drug-likeness (QED) is 0.690. The van der Waals surface area contributed by atoms with Crippen LogP contribution in [0.2, 0.25) is 0 Å². The van der Waals surface area contributed by atoms with Crippen molar-refractivity contribution in [2.24, 2.45) is 4.99 Å². The first kappa shape index (κ1) is 18.3. The lowest BCUT2D eigenvalue weighted by Crippen LogP contribution is -2.15. The number of methoxy groups -OCH3 is 1. The van der Waals surface area contributed by atoms with Gasteiger partial charge in [0, 0.05) is 34.6 Å². The lowest BCUT2D eigenvalue weighted by molar-refractivity contribution is 0.100. The number of Topliss-reactive ketones (excluding diaryl/α,β-unsaturated/α-hetero) is 1. The zero-order chi connectivity index (χ0) is 20.4. The number of benzene rings is 2. The van der Waals surface area contributed by atoms with E-state index in [4.69, 9.17) is 4.74 Å². The van der Waals surface area contributed by atoms with E-state index in [0.29, 0.717) is 28.0 Å². The Hall–Kier alpha value is -4.06. The molecular weight excluding hydrogens is 368 g/mol. The SMILES string of the molecule is COc1ccc(C(=O)N=C(C2=C(O)c3ccccc3C2=O)c2ccncc2)cc1. The van der Waals surface area contributed by atoms with Crippen LogP contribution in [0.5, 0.6) is 5.75 Å². The Labute approximate surface area is 166 Å². The molecule has 6 nitrogen and oxygen atoms in total. The fraction of sp³-hybridized carbons (Fsp3) is 0.0435. The molecule has 1 aromatic heterocycles. The van der Waals surface area contributed by atoms with Crippen molar-refractivity contribution in [3.05, 3.63) is 101 Å². The molecule has 1 N–H and O–H groups in total. The van der Waals surface area contributed by atoms with Crippen LogP contribution in [-0.2, 0) is 0 Å². The number of carbonyl (C=O) groups is 2. The van der Waals surface area contributed by atoms with E-state index in [2.05, 4.69) is 9.98 Å². The van der Waals surface area contributed by atoms with Crippen molar-refractivity contribution in [2.45, 2.75) is 0 Å². The molecule has 1 heterocycles. The number of aliphatic imine (C=N–C) groups is 1. The van der Waals surface area contributed by atoms with Crippen LogP contribution in [0.25, 0.3) is 5.76 Å². The molecule has 3 aromatic rings. The molecule has 0 bridgehead atoms. The molecular formula is C23H16N2O4. The summed E-state index contributed by atoms with van der Waals surface area (Å²) >= 11 is 0. The first-order valence-corrected chi connectivity index (χ1v) is 8.85. The molecule has 0 spiro atoms. The van der Waals surface area contributed by atoms with Gasteiger partial charge in [-0.2, -0.15) is 0 Å². The number of pyridine rings is 1. The summed E-state index contributed by atoms with van der Waals surface area (Å²) in [6.07, 6.45) is 3.07. The minimum absolute atomic E-state index is 0.000684. The lowest BCUT2D eigenvalue weighted by atomic mass is 9.99. The number of fused-ring (bicyclic) bond motifs is 1. The number of amides is 1. The van der Waals surface area contributed by atoms with Crippen LogP contribution in [-0.4, -0.2) is 34.6 Å². The zero-order valence-corrected chi connectivity index (χ0v) is 15.5. The van der Waals surface area contributed by atoms with Gasteiger partial charge in [-0.05, 0) is 36.4 Å². The van der Waals surface area contributed by atoms with E-state index >= 15 is 0 Å². The fourth-order valence-corrected chi connectivity index (χ4v) is 3.16. The second-order valence-electron chi connectivity index (χ2n) is 6.33. The number of nitrogens with zero attached hydrogens (tertiary/aromatic N) is 2. The minimum atomic E-state index is -0.538.